The molecular weight excluding hydrogens is 297 g/mol. The number of nitrogens with one attached hydrogen (secondary N) is 2. The Balaban J connectivity index is 2.05. The number of hydrogen-bond donors (Lipinski definition) is 2. The van der Waals surface area contributed by atoms with Gasteiger partial charge in [-0.15, -0.1) is 0 Å². The summed E-state index contributed by atoms with van der Waals surface area (Å²) >= 11 is 0. The molecular formula is C15H13F3N2O2. The van der Waals surface area contributed by atoms with E-state index < -0.39 is 24.0 Å². The SMILES string of the molecule is C[C@H](NC(=O)C(F)(F)F)C(=O)Nc1ccc2ccccc2c1. The second-order valence-corrected chi connectivity index (χ2v) is 4.74. The molecule has 2 aromatic rings. The Bertz CT molecular complexity index is 713. The molecule has 2 N–H and O–H groups in total. The molecule has 0 bridgehead atoms. The molecule has 0 saturated carbocycles. The predicted octanol–water partition coefficient (Wildman–Crippen LogP) is 2.85. The number of halogens is 3. The Labute approximate surface area is 124 Å². The first kappa shape index (κ1) is 15.8. The van der Waals surface area contributed by atoms with Crippen molar-refractivity contribution in [2.45, 2.75) is 19.1 Å². The van der Waals surface area contributed by atoms with Gasteiger partial charge in [-0.3, -0.25) is 9.59 Å². The summed E-state index contributed by atoms with van der Waals surface area (Å²) in [6, 6.07) is 11.3. The number of rotatable bonds is 3. The number of anilines is 1. The molecule has 0 unspecified atom stereocenters. The van der Waals surface area contributed by atoms with Gasteiger partial charge in [-0.1, -0.05) is 30.3 Å². The highest BCUT2D eigenvalue weighted by Crippen LogP contribution is 2.19. The van der Waals surface area contributed by atoms with Crippen LogP contribution in [-0.4, -0.2) is 24.0 Å². The Hall–Kier alpha value is -2.57. The van der Waals surface area contributed by atoms with Crippen LogP contribution in [0, 0.1) is 0 Å². The molecule has 0 aliphatic heterocycles. The van der Waals surface area contributed by atoms with Crippen molar-refractivity contribution >= 4 is 28.3 Å². The highest BCUT2D eigenvalue weighted by atomic mass is 19.4. The van der Waals surface area contributed by atoms with Gasteiger partial charge in [-0.25, -0.2) is 0 Å². The summed E-state index contributed by atoms with van der Waals surface area (Å²) in [7, 11) is 0. The van der Waals surface area contributed by atoms with Gasteiger partial charge in [-0.2, -0.15) is 13.2 Å². The van der Waals surface area contributed by atoms with E-state index in [1.54, 1.807) is 23.5 Å². The third-order valence-corrected chi connectivity index (χ3v) is 3.02. The van der Waals surface area contributed by atoms with Gasteiger partial charge < -0.3 is 10.6 Å². The molecule has 2 rings (SSSR count). The third-order valence-electron chi connectivity index (χ3n) is 3.02. The minimum Gasteiger partial charge on any atom is -0.337 e. The highest BCUT2D eigenvalue weighted by molar-refractivity contribution is 5.99. The van der Waals surface area contributed by atoms with Crippen LogP contribution in [0.3, 0.4) is 0 Å². The molecule has 7 heteroatoms. The van der Waals surface area contributed by atoms with Crippen LogP contribution >= 0.6 is 0 Å². The van der Waals surface area contributed by atoms with E-state index in [9.17, 15) is 22.8 Å². The second kappa shape index (κ2) is 6.05. The summed E-state index contributed by atoms with van der Waals surface area (Å²) in [4.78, 5) is 22.6. The molecule has 2 aromatic carbocycles. The van der Waals surface area contributed by atoms with E-state index in [0.717, 1.165) is 10.8 Å². The molecule has 0 radical (unpaired) electrons. The maximum atomic E-state index is 12.1. The van der Waals surface area contributed by atoms with Crippen molar-refractivity contribution in [1.29, 1.82) is 0 Å². The van der Waals surface area contributed by atoms with E-state index in [2.05, 4.69) is 5.32 Å². The number of carbonyl (C=O) groups excluding carboxylic acids is 2. The van der Waals surface area contributed by atoms with E-state index in [4.69, 9.17) is 0 Å². The van der Waals surface area contributed by atoms with Gasteiger partial charge in [0, 0.05) is 5.69 Å². The zero-order valence-corrected chi connectivity index (χ0v) is 11.6. The summed E-state index contributed by atoms with van der Waals surface area (Å²) in [5.74, 6) is -2.87. The van der Waals surface area contributed by atoms with E-state index in [-0.39, 0.29) is 0 Å². The molecule has 22 heavy (non-hydrogen) atoms. The van der Waals surface area contributed by atoms with Gasteiger partial charge in [0.05, 0.1) is 0 Å². The molecule has 0 aliphatic rings. The van der Waals surface area contributed by atoms with Crippen molar-refractivity contribution in [2.75, 3.05) is 5.32 Å². The fourth-order valence-electron chi connectivity index (χ4n) is 1.86. The minimum atomic E-state index is -5.02. The first-order valence-corrected chi connectivity index (χ1v) is 6.45. The number of benzene rings is 2. The average molecular weight is 310 g/mol. The largest absolute Gasteiger partial charge is 0.471 e. The third kappa shape index (κ3) is 3.75. The van der Waals surface area contributed by atoms with Crippen LogP contribution in [0.1, 0.15) is 6.92 Å². The average Bonchev–Trinajstić information content (AvgIpc) is 2.46. The van der Waals surface area contributed by atoms with Crippen LogP contribution in [0.15, 0.2) is 42.5 Å². The molecule has 2 amide bonds. The quantitative estimate of drug-likeness (QED) is 0.916. The lowest BCUT2D eigenvalue weighted by molar-refractivity contribution is -0.174. The molecule has 0 spiro atoms. The summed E-state index contributed by atoms with van der Waals surface area (Å²) in [6.45, 7) is 1.18. The van der Waals surface area contributed by atoms with E-state index >= 15 is 0 Å². The van der Waals surface area contributed by atoms with Gasteiger partial charge >= 0.3 is 12.1 Å². The van der Waals surface area contributed by atoms with Gasteiger partial charge in [0.1, 0.15) is 6.04 Å². The zero-order chi connectivity index (χ0) is 16.3. The standard InChI is InChI=1S/C15H13F3N2O2/c1-9(19-14(22)15(16,17)18)13(21)20-12-7-6-10-4-2-3-5-11(10)8-12/h2-9H,1H3,(H,19,22)(H,20,21)/t9-/m0/s1. The van der Waals surface area contributed by atoms with Crippen LogP contribution in [0.25, 0.3) is 10.8 Å². The van der Waals surface area contributed by atoms with Crippen LogP contribution in [0.5, 0.6) is 0 Å². The van der Waals surface area contributed by atoms with Crippen molar-refractivity contribution in [2.24, 2.45) is 0 Å². The van der Waals surface area contributed by atoms with Gasteiger partial charge in [0.2, 0.25) is 5.91 Å². The Kier molecular flexibility index (Phi) is 4.35. The molecule has 0 saturated heterocycles. The van der Waals surface area contributed by atoms with Crippen molar-refractivity contribution in [3.63, 3.8) is 0 Å². The normalized spacial score (nSPS) is 12.7. The van der Waals surface area contributed by atoms with E-state index in [1.165, 1.54) is 6.92 Å². The zero-order valence-electron chi connectivity index (χ0n) is 11.6. The summed E-state index contributed by atoms with van der Waals surface area (Å²) < 4.78 is 36.4. The van der Waals surface area contributed by atoms with E-state index in [1.807, 2.05) is 24.3 Å². The van der Waals surface area contributed by atoms with Crippen molar-refractivity contribution in [1.82, 2.24) is 5.32 Å². The monoisotopic (exact) mass is 310 g/mol. The predicted molar refractivity (Wildman–Crippen MR) is 76.2 cm³/mol. The first-order chi connectivity index (χ1) is 10.3. The molecule has 0 fully saturated rings. The van der Waals surface area contributed by atoms with Crippen LogP contribution in [-0.2, 0) is 9.59 Å². The molecule has 1 atom stereocenters. The van der Waals surface area contributed by atoms with Crippen LogP contribution in [0.4, 0.5) is 18.9 Å². The van der Waals surface area contributed by atoms with Crippen molar-refractivity contribution < 1.29 is 22.8 Å². The topological polar surface area (TPSA) is 58.2 Å². The molecule has 0 heterocycles. The first-order valence-electron chi connectivity index (χ1n) is 6.45. The van der Waals surface area contributed by atoms with Crippen LogP contribution < -0.4 is 10.6 Å². The number of alkyl halides is 3. The Morgan fingerprint density at radius 1 is 1.05 bits per heavy atom. The lowest BCUT2D eigenvalue weighted by Gasteiger charge is -2.15. The second-order valence-electron chi connectivity index (χ2n) is 4.74. The lowest BCUT2D eigenvalue weighted by Crippen LogP contribution is -2.47. The molecule has 4 nitrogen and oxygen atoms in total. The molecule has 0 aliphatic carbocycles. The smallest absolute Gasteiger partial charge is 0.337 e. The lowest BCUT2D eigenvalue weighted by atomic mass is 10.1. The maximum absolute atomic E-state index is 12.1. The molecule has 116 valence electrons. The van der Waals surface area contributed by atoms with Gasteiger partial charge in [0.25, 0.3) is 0 Å². The fourth-order valence-corrected chi connectivity index (χ4v) is 1.86. The Morgan fingerprint density at radius 2 is 1.68 bits per heavy atom. The summed E-state index contributed by atoms with van der Waals surface area (Å²) in [5, 5.41) is 5.92. The maximum Gasteiger partial charge on any atom is 0.471 e. The summed E-state index contributed by atoms with van der Waals surface area (Å²) in [6.07, 6.45) is -5.02. The van der Waals surface area contributed by atoms with E-state index in [0.29, 0.717) is 5.69 Å². The number of amides is 2. The van der Waals surface area contributed by atoms with Crippen LogP contribution in [0.2, 0.25) is 0 Å². The highest BCUT2D eigenvalue weighted by Gasteiger charge is 2.39. The number of hydrogen-bond acceptors (Lipinski definition) is 2. The number of fused-ring (bicyclic) bond motifs is 1. The minimum absolute atomic E-state index is 0.441. The van der Waals surface area contributed by atoms with Crippen molar-refractivity contribution in [3.8, 4) is 0 Å². The molecule has 0 aromatic heterocycles. The summed E-state index contributed by atoms with van der Waals surface area (Å²) in [5.41, 5.74) is 0.441. The van der Waals surface area contributed by atoms with Crippen molar-refractivity contribution in [3.05, 3.63) is 42.5 Å². The Morgan fingerprint density at radius 3 is 2.32 bits per heavy atom. The van der Waals surface area contributed by atoms with Gasteiger partial charge in [0.15, 0.2) is 0 Å². The fraction of sp³-hybridized carbons (Fsp3) is 0.200. The number of carbonyl (C=O) groups is 2. The van der Waals surface area contributed by atoms with Gasteiger partial charge in [-0.05, 0) is 29.8 Å².